The molecule has 1 amide bonds. The first-order valence-corrected chi connectivity index (χ1v) is 5.51. The van der Waals surface area contributed by atoms with Crippen LogP contribution in [0.15, 0.2) is 0 Å². The largest absolute Gasteiger partial charge is 0.395 e. The van der Waals surface area contributed by atoms with Gasteiger partial charge in [0.2, 0.25) is 5.91 Å². The smallest absolute Gasteiger partial charge is 0.243 e. The summed E-state index contributed by atoms with van der Waals surface area (Å²) in [4.78, 5) is 13.7. The van der Waals surface area contributed by atoms with E-state index in [0.717, 1.165) is 12.8 Å². The Hall–Kier alpha value is -1.08. The Morgan fingerprint density at radius 1 is 1.53 bits per heavy atom. The summed E-state index contributed by atoms with van der Waals surface area (Å²) in [6, 6.07) is 2.14. The third kappa shape index (κ3) is 2.29. The van der Waals surface area contributed by atoms with E-state index in [1.165, 1.54) is 0 Å². The van der Waals surface area contributed by atoms with Crippen molar-refractivity contribution >= 4 is 5.91 Å². The maximum atomic E-state index is 12.1. The zero-order valence-corrected chi connectivity index (χ0v) is 9.20. The number of aliphatic hydroxyl groups excluding tert-OH is 1. The molecule has 0 spiro atoms. The van der Waals surface area contributed by atoms with Gasteiger partial charge in [-0.25, -0.2) is 0 Å². The molecule has 1 saturated carbocycles. The van der Waals surface area contributed by atoms with Gasteiger partial charge in [-0.3, -0.25) is 4.79 Å². The molecule has 84 valence electrons. The van der Waals surface area contributed by atoms with E-state index in [0.29, 0.717) is 25.9 Å². The number of rotatable bonds is 5. The molecule has 1 aliphatic rings. The highest BCUT2D eigenvalue weighted by Crippen LogP contribution is 2.41. The van der Waals surface area contributed by atoms with E-state index in [4.69, 9.17) is 10.4 Å². The Morgan fingerprint density at radius 3 is 2.53 bits per heavy atom. The van der Waals surface area contributed by atoms with Crippen LogP contribution in [0.1, 0.15) is 32.6 Å². The van der Waals surface area contributed by atoms with Gasteiger partial charge in [-0.15, -0.1) is 0 Å². The summed E-state index contributed by atoms with van der Waals surface area (Å²) in [5, 5.41) is 17.9. The Balaban J connectivity index is 2.66. The molecular weight excluding hydrogens is 192 g/mol. The molecule has 0 saturated heterocycles. The zero-order valence-electron chi connectivity index (χ0n) is 9.20. The molecule has 0 unspecified atom stereocenters. The predicted octanol–water partition coefficient (Wildman–Crippen LogP) is 0.911. The second kappa shape index (κ2) is 5.13. The standard InChI is InChI=1S/C11H18N2O2/c1-2-6-13(7-8-14)10(15)11(9-12)4-3-5-11/h14H,2-8H2,1H3. The Morgan fingerprint density at radius 2 is 2.20 bits per heavy atom. The number of aliphatic hydroxyl groups is 1. The van der Waals surface area contributed by atoms with Crippen LogP contribution in [-0.4, -0.2) is 35.6 Å². The fourth-order valence-electron chi connectivity index (χ4n) is 1.91. The number of carbonyl (C=O) groups excluding carboxylic acids is 1. The van der Waals surface area contributed by atoms with Crippen molar-refractivity contribution in [3.05, 3.63) is 0 Å². The van der Waals surface area contributed by atoms with Crippen molar-refractivity contribution in [1.29, 1.82) is 5.26 Å². The molecular formula is C11H18N2O2. The summed E-state index contributed by atoms with van der Waals surface area (Å²) < 4.78 is 0. The van der Waals surface area contributed by atoms with Gasteiger partial charge in [-0.2, -0.15) is 5.26 Å². The lowest BCUT2D eigenvalue weighted by molar-refractivity contribution is -0.143. The van der Waals surface area contributed by atoms with Crippen LogP contribution in [-0.2, 0) is 4.79 Å². The fourth-order valence-corrected chi connectivity index (χ4v) is 1.91. The van der Waals surface area contributed by atoms with Crippen LogP contribution < -0.4 is 0 Å². The molecule has 0 aromatic rings. The summed E-state index contributed by atoms with van der Waals surface area (Å²) in [7, 11) is 0. The van der Waals surface area contributed by atoms with Gasteiger partial charge in [0.05, 0.1) is 12.7 Å². The van der Waals surface area contributed by atoms with Gasteiger partial charge in [-0.05, 0) is 25.7 Å². The monoisotopic (exact) mass is 210 g/mol. The van der Waals surface area contributed by atoms with E-state index in [9.17, 15) is 4.79 Å². The first kappa shape index (κ1) is 12.0. The quantitative estimate of drug-likeness (QED) is 0.733. The van der Waals surface area contributed by atoms with Gasteiger partial charge < -0.3 is 10.0 Å². The molecule has 0 radical (unpaired) electrons. The molecule has 1 rings (SSSR count). The summed E-state index contributed by atoms with van der Waals surface area (Å²) in [6.07, 6.45) is 3.16. The summed E-state index contributed by atoms with van der Waals surface area (Å²) in [6.45, 7) is 2.92. The van der Waals surface area contributed by atoms with Crippen LogP contribution in [0.4, 0.5) is 0 Å². The summed E-state index contributed by atoms with van der Waals surface area (Å²) in [5.41, 5.74) is -0.773. The molecule has 1 aliphatic carbocycles. The SMILES string of the molecule is CCCN(CCO)C(=O)C1(C#N)CCC1. The number of hydrogen-bond acceptors (Lipinski definition) is 3. The van der Waals surface area contributed by atoms with Gasteiger partial charge in [-0.1, -0.05) is 6.92 Å². The van der Waals surface area contributed by atoms with Crippen LogP contribution in [0.5, 0.6) is 0 Å². The molecule has 0 aromatic heterocycles. The zero-order chi connectivity index (χ0) is 11.3. The van der Waals surface area contributed by atoms with Crippen molar-refractivity contribution in [3.63, 3.8) is 0 Å². The van der Waals surface area contributed by atoms with Crippen molar-refractivity contribution in [2.75, 3.05) is 19.7 Å². The van der Waals surface area contributed by atoms with Crippen LogP contribution in [0.25, 0.3) is 0 Å². The number of carbonyl (C=O) groups is 1. The van der Waals surface area contributed by atoms with Crippen LogP contribution in [0.2, 0.25) is 0 Å². The Bertz CT molecular complexity index is 260. The molecule has 0 atom stereocenters. The van der Waals surface area contributed by atoms with Crippen molar-refractivity contribution in [2.45, 2.75) is 32.6 Å². The van der Waals surface area contributed by atoms with Gasteiger partial charge >= 0.3 is 0 Å². The number of nitriles is 1. The highest BCUT2D eigenvalue weighted by molar-refractivity contribution is 5.86. The average Bonchev–Trinajstić information content (AvgIpc) is 2.16. The maximum absolute atomic E-state index is 12.1. The van der Waals surface area contributed by atoms with E-state index >= 15 is 0 Å². The van der Waals surface area contributed by atoms with Crippen molar-refractivity contribution in [1.82, 2.24) is 4.90 Å². The second-order valence-corrected chi connectivity index (χ2v) is 4.06. The van der Waals surface area contributed by atoms with Crippen LogP contribution in [0.3, 0.4) is 0 Å². The van der Waals surface area contributed by atoms with Gasteiger partial charge in [0.1, 0.15) is 5.41 Å². The normalized spacial score (nSPS) is 17.7. The molecule has 1 fully saturated rings. The van der Waals surface area contributed by atoms with Crippen LogP contribution in [0, 0.1) is 16.7 Å². The van der Waals surface area contributed by atoms with Gasteiger partial charge in [0, 0.05) is 13.1 Å². The number of amides is 1. The van der Waals surface area contributed by atoms with Crippen molar-refractivity contribution in [2.24, 2.45) is 5.41 Å². The second-order valence-electron chi connectivity index (χ2n) is 4.06. The highest BCUT2D eigenvalue weighted by Gasteiger charge is 2.46. The first-order chi connectivity index (χ1) is 7.20. The fraction of sp³-hybridized carbons (Fsp3) is 0.818. The lowest BCUT2D eigenvalue weighted by Gasteiger charge is -2.37. The van der Waals surface area contributed by atoms with Crippen molar-refractivity contribution in [3.8, 4) is 6.07 Å². The van der Waals surface area contributed by atoms with E-state index in [-0.39, 0.29) is 12.5 Å². The lowest BCUT2D eigenvalue weighted by Crippen LogP contribution is -2.48. The Labute approximate surface area is 90.5 Å². The minimum Gasteiger partial charge on any atom is -0.395 e. The van der Waals surface area contributed by atoms with E-state index < -0.39 is 5.41 Å². The molecule has 0 bridgehead atoms. The summed E-state index contributed by atoms with van der Waals surface area (Å²) in [5.74, 6) is -0.0906. The molecule has 1 N–H and O–H groups in total. The minimum atomic E-state index is -0.773. The molecule has 15 heavy (non-hydrogen) atoms. The molecule has 0 aromatic carbocycles. The van der Waals surface area contributed by atoms with E-state index in [2.05, 4.69) is 6.07 Å². The summed E-state index contributed by atoms with van der Waals surface area (Å²) >= 11 is 0. The molecule has 4 nitrogen and oxygen atoms in total. The first-order valence-electron chi connectivity index (χ1n) is 5.51. The van der Waals surface area contributed by atoms with Gasteiger partial charge in [0.15, 0.2) is 0 Å². The topological polar surface area (TPSA) is 64.3 Å². The average molecular weight is 210 g/mol. The number of nitrogens with zero attached hydrogens (tertiary/aromatic N) is 2. The minimum absolute atomic E-state index is 0.0345. The third-order valence-electron chi connectivity index (χ3n) is 2.98. The molecule has 0 aliphatic heterocycles. The maximum Gasteiger partial charge on any atom is 0.243 e. The van der Waals surface area contributed by atoms with E-state index in [1.54, 1.807) is 4.90 Å². The van der Waals surface area contributed by atoms with E-state index in [1.807, 2.05) is 6.92 Å². The lowest BCUT2D eigenvalue weighted by atomic mass is 9.69. The third-order valence-corrected chi connectivity index (χ3v) is 2.98. The van der Waals surface area contributed by atoms with Crippen LogP contribution >= 0.6 is 0 Å². The predicted molar refractivity (Wildman–Crippen MR) is 55.9 cm³/mol. The van der Waals surface area contributed by atoms with Gasteiger partial charge in [0.25, 0.3) is 0 Å². The highest BCUT2D eigenvalue weighted by atomic mass is 16.3. The van der Waals surface area contributed by atoms with Crippen molar-refractivity contribution < 1.29 is 9.90 Å². The molecule has 4 heteroatoms. The Kier molecular flexibility index (Phi) is 4.10. The number of hydrogen-bond donors (Lipinski definition) is 1. The molecule has 0 heterocycles.